The van der Waals surface area contributed by atoms with E-state index in [0.29, 0.717) is 6.54 Å². The molecule has 0 aliphatic carbocycles. The Morgan fingerprint density at radius 3 is 2.43 bits per heavy atom. The summed E-state index contributed by atoms with van der Waals surface area (Å²) in [7, 11) is 0. The molecule has 0 bridgehead atoms. The summed E-state index contributed by atoms with van der Waals surface area (Å²) in [6, 6.07) is 0. The Morgan fingerprint density at radius 1 is 1.36 bits per heavy atom. The van der Waals surface area contributed by atoms with Crippen molar-refractivity contribution in [2.45, 2.75) is 45.6 Å². The van der Waals surface area contributed by atoms with Gasteiger partial charge in [-0.15, -0.1) is 0 Å². The lowest BCUT2D eigenvalue weighted by Crippen LogP contribution is -2.45. The summed E-state index contributed by atoms with van der Waals surface area (Å²) in [5.41, 5.74) is 0.0788. The third-order valence-corrected chi connectivity index (χ3v) is 3.06. The summed E-state index contributed by atoms with van der Waals surface area (Å²) in [4.78, 5) is 13.6. The van der Waals surface area contributed by atoms with Crippen LogP contribution in [0.5, 0.6) is 0 Å². The fraction of sp³-hybridized carbons (Fsp3) is 0.909. The first-order valence-corrected chi connectivity index (χ1v) is 5.58. The fourth-order valence-corrected chi connectivity index (χ4v) is 1.52. The van der Waals surface area contributed by atoms with Gasteiger partial charge >= 0.3 is 0 Å². The van der Waals surface area contributed by atoms with Crippen molar-refractivity contribution in [3.8, 4) is 0 Å². The zero-order chi connectivity index (χ0) is 10.6. The van der Waals surface area contributed by atoms with Crippen molar-refractivity contribution < 1.29 is 4.79 Å². The van der Waals surface area contributed by atoms with E-state index in [-0.39, 0.29) is 11.4 Å². The minimum Gasteiger partial charge on any atom is -0.342 e. The second kappa shape index (κ2) is 4.78. The Balaban J connectivity index is 2.27. The molecule has 3 nitrogen and oxygen atoms in total. The van der Waals surface area contributed by atoms with E-state index in [9.17, 15) is 4.79 Å². The normalized spacial score (nSPS) is 17.5. The average molecular weight is 198 g/mol. The largest absolute Gasteiger partial charge is 0.342 e. The Morgan fingerprint density at radius 2 is 1.93 bits per heavy atom. The number of likely N-dealkylation sites (tertiary alicyclic amines) is 1. The molecule has 1 rings (SSSR count). The highest BCUT2D eigenvalue weighted by molar-refractivity contribution is 5.78. The van der Waals surface area contributed by atoms with Crippen LogP contribution in [0, 0.1) is 0 Å². The fourth-order valence-electron chi connectivity index (χ4n) is 1.52. The first-order valence-electron chi connectivity index (χ1n) is 5.58. The monoisotopic (exact) mass is 198 g/mol. The summed E-state index contributed by atoms with van der Waals surface area (Å²) in [5, 5.41) is 3.29. The molecule has 0 aromatic rings. The van der Waals surface area contributed by atoms with Crippen LogP contribution in [0.2, 0.25) is 0 Å². The highest BCUT2D eigenvalue weighted by atomic mass is 16.2. The van der Waals surface area contributed by atoms with Gasteiger partial charge in [0, 0.05) is 18.6 Å². The van der Waals surface area contributed by atoms with E-state index >= 15 is 0 Å². The van der Waals surface area contributed by atoms with Crippen molar-refractivity contribution in [3.63, 3.8) is 0 Å². The van der Waals surface area contributed by atoms with Crippen LogP contribution in [0.25, 0.3) is 0 Å². The van der Waals surface area contributed by atoms with Crippen molar-refractivity contribution >= 4 is 5.91 Å². The first-order chi connectivity index (χ1) is 6.55. The van der Waals surface area contributed by atoms with Gasteiger partial charge in [-0.2, -0.15) is 0 Å². The number of amides is 1. The van der Waals surface area contributed by atoms with Crippen LogP contribution in [0.4, 0.5) is 0 Å². The standard InChI is InChI=1S/C11H22N2O/c1-4-11(2,3)12-9-10(14)13-7-5-6-8-13/h12H,4-9H2,1-3H3. The molecule has 0 aromatic carbocycles. The van der Waals surface area contributed by atoms with E-state index in [1.54, 1.807) is 0 Å². The van der Waals surface area contributed by atoms with E-state index in [2.05, 4.69) is 26.1 Å². The molecule has 0 unspecified atom stereocenters. The minimum absolute atomic E-state index is 0.0788. The third-order valence-electron chi connectivity index (χ3n) is 3.06. The summed E-state index contributed by atoms with van der Waals surface area (Å²) < 4.78 is 0. The number of carbonyl (C=O) groups is 1. The summed E-state index contributed by atoms with van der Waals surface area (Å²) in [6.45, 7) is 8.78. The molecule has 1 N–H and O–H groups in total. The van der Waals surface area contributed by atoms with Gasteiger partial charge in [-0.05, 0) is 33.1 Å². The van der Waals surface area contributed by atoms with E-state index in [1.165, 1.54) is 12.8 Å². The second-order valence-electron chi connectivity index (χ2n) is 4.68. The van der Waals surface area contributed by atoms with Crippen molar-refractivity contribution in [1.29, 1.82) is 0 Å². The SMILES string of the molecule is CCC(C)(C)NCC(=O)N1CCCC1. The molecular weight excluding hydrogens is 176 g/mol. The van der Waals surface area contributed by atoms with Gasteiger partial charge < -0.3 is 10.2 Å². The van der Waals surface area contributed by atoms with Gasteiger partial charge in [-0.3, -0.25) is 4.79 Å². The molecule has 0 saturated carbocycles. The molecular formula is C11H22N2O. The van der Waals surface area contributed by atoms with Gasteiger partial charge in [-0.25, -0.2) is 0 Å². The molecule has 14 heavy (non-hydrogen) atoms. The third kappa shape index (κ3) is 3.29. The van der Waals surface area contributed by atoms with Crippen LogP contribution < -0.4 is 5.32 Å². The van der Waals surface area contributed by atoms with Crippen LogP contribution in [0.1, 0.15) is 40.0 Å². The van der Waals surface area contributed by atoms with Gasteiger partial charge in [0.1, 0.15) is 0 Å². The highest BCUT2D eigenvalue weighted by Gasteiger charge is 2.20. The molecule has 1 amide bonds. The molecule has 1 aliphatic rings. The van der Waals surface area contributed by atoms with Gasteiger partial charge in [0.05, 0.1) is 6.54 Å². The first kappa shape index (κ1) is 11.5. The smallest absolute Gasteiger partial charge is 0.236 e. The number of carbonyl (C=O) groups excluding carboxylic acids is 1. The zero-order valence-corrected chi connectivity index (χ0v) is 9.60. The van der Waals surface area contributed by atoms with Crippen LogP contribution >= 0.6 is 0 Å². The number of nitrogens with zero attached hydrogens (tertiary/aromatic N) is 1. The van der Waals surface area contributed by atoms with Gasteiger partial charge in [-0.1, -0.05) is 6.92 Å². The lowest BCUT2D eigenvalue weighted by atomic mass is 10.0. The van der Waals surface area contributed by atoms with Crippen LogP contribution in [0.3, 0.4) is 0 Å². The molecule has 1 aliphatic heterocycles. The topological polar surface area (TPSA) is 32.3 Å². The maximum absolute atomic E-state index is 11.7. The van der Waals surface area contributed by atoms with E-state index in [1.807, 2.05) is 4.90 Å². The Bertz CT molecular complexity index is 195. The molecule has 82 valence electrons. The van der Waals surface area contributed by atoms with Crippen LogP contribution in [-0.4, -0.2) is 36.0 Å². The van der Waals surface area contributed by atoms with Gasteiger partial charge in [0.2, 0.25) is 5.91 Å². The zero-order valence-electron chi connectivity index (χ0n) is 9.60. The van der Waals surface area contributed by atoms with Crippen molar-refractivity contribution in [2.24, 2.45) is 0 Å². The number of hydrogen-bond acceptors (Lipinski definition) is 2. The molecule has 0 spiro atoms. The van der Waals surface area contributed by atoms with Gasteiger partial charge in [0.15, 0.2) is 0 Å². The Hall–Kier alpha value is -0.570. The van der Waals surface area contributed by atoms with E-state index < -0.39 is 0 Å². The van der Waals surface area contributed by atoms with E-state index in [0.717, 1.165) is 19.5 Å². The lowest BCUT2D eigenvalue weighted by molar-refractivity contribution is -0.129. The summed E-state index contributed by atoms with van der Waals surface area (Å²) >= 11 is 0. The molecule has 1 saturated heterocycles. The van der Waals surface area contributed by atoms with Crippen LogP contribution in [0.15, 0.2) is 0 Å². The number of rotatable bonds is 4. The van der Waals surface area contributed by atoms with Gasteiger partial charge in [0.25, 0.3) is 0 Å². The molecule has 1 heterocycles. The molecule has 1 fully saturated rings. The summed E-state index contributed by atoms with van der Waals surface area (Å²) in [6.07, 6.45) is 3.38. The van der Waals surface area contributed by atoms with Crippen LogP contribution in [-0.2, 0) is 4.79 Å². The lowest BCUT2D eigenvalue weighted by Gasteiger charge is -2.25. The predicted octanol–water partition coefficient (Wildman–Crippen LogP) is 1.39. The quantitative estimate of drug-likeness (QED) is 0.740. The van der Waals surface area contributed by atoms with Crippen molar-refractivity contribution in [3.05, 3.63) is 0 Å². The maximum Gasteiger partial charge on any atom is 0.236 e. The minimum atomic E-state index is 0.0788. The highest BCUT2D eigenvalue weighted by Crippen LogP contribution is 2.09. The molecule has 0 radical (unpaired) electrons. The predicted molar refractivity (Wildman–Crippen MR) is 58.2 cm³/mol. The number of nitrogens with one attached hydrogen (secondary N) is 1. The van der Waals surface area contributed by atoms with E-state index in [4.69, 9.17) is 0 Å². The number of hydrogen-bond donors (Lipinski definition) is 1. The van der Waals surface area contributed by atoms with Crippen molar-refractivity contribution in [1.82, 2.24) is 10.2 Å². The second-order valence-corrected chi connectivity index (χ2v) is 4.68. The molecule has 0 aromatic heterocycles. The Kier molecular flexibility index (Phi) is 3.93. The summed E-state index contributed by atoms with van der Waals surface area (Å²) in [5.74, 6) is 0.254. The maximum atomic E-state index is 11.7. The average Bonchev–Trinajstić information content (AvgIpc) is 2.67. The molecule has 0 atom stereocenters. The molecule has 3 heteroatoms. The Labute approximate surface area is 86.9 Å². The van der Waals surface area contributed by atoms with Crippen molar-refractivity contribution in [2.75, 3.05) is 19.6 Å².